The SMILES string of the molecule is CCCCCCCCCC(=O)NCCCNCCCC(=O)N[C@H](CC)C(=O)NCCC[C@H](CO)NC(=O)CCCC(=O)OC. The number of hydrogen-bond acceptors (Lipinski definition) is 8. The minimum atomic E-state index is -0.622. The lowest BCUT2D eigenvalue weighted by molar-refractivity contribution is -0.140. The molecule has 0 aliphatic heterocycles. The standard InChI is InChI=1S/C32H61N5O7/c1-4-6-7-8-9-10-11-17-28(39)34-24-15-22-33-21-14-19-30(41)37-27(5-2)32(43)35-23-13-16-26(25-38)36-29(40)18-12-20-31(42)44-3/h26-27,33,38H,4-25H2,1-3H3,(H,34,39)(H,35,43)(H,36,40)(H,37,41)/t26-,27-/m1/s1. The maximum Gasteiger partial charge on any atom is 0.305 e. The van der Waals surface area contributed by atoms with Crippen molar-refractivity contribution in [3.63, 3.8) is 0 Å². The number of aliphatic hydroxyl groups excluding tert-OH is 1. The molecular formula is C32H61N5O7. The summed E-state index contributed by atoms with van der Waals surface area (Å²) in [5.41, 5.74) is 0. The molecule has 0 heterocycles. The van der Waals surface area contributed by atoms with Gasteiger partial charge in [0.1, 0.15) is 6.04 Å². The molecule has 256 valence electrons. The Bertz CT molecular complexity index is 797. The van der Waals surface area contributed by atoms with Crippen LogP contribution in [0.25, 0.3) is 0 Å². The highest BCUT2D eigenvalue weighted by Gasteiger charge is 2.18. The molecule has 4 amide bonds. The van der Waals surface area contributed by atoms with E-state index in [4.69, 9.17) is 0 Å². The van der Waals surface area contributed by atoms with E-state index in [1.165, 1.54) is 39.2 Å². The molecule has 0 fully saturated rings. The Balaban J connectivity index is 3.89. The van der Waals surface area contributed by atoms with E-state index in [0.717, 1.165) is 25.8 Å². The van der Waals surface area contributed by atoms with Crippen molar-refractivity contribution >= 4 is 29.6 Å². The number of unbranched alkanes of at least 4 members (excludes halogenated alkanes) is 6. The predicted molar refractivity (Wildman–Crippen MR) is 172 cm³/mol. The van der Waals surface area contributed by atoms with Gasteiger partial charge in [0.25, 0.3) is 0 Å². The predicted octanol–water partition coefficient (Wildman–Crippen LogP) is 2.61. The van der Waals surface area contributed by atoms with Crippen molar-refractivity contribution in [3.8, 4) is 0 Å². The first-order chi connectivity index (χ1) is 21.3. The molecule has 0 aromatic heterocycles. The molecule has 0 aromatic rings. The van der Waals surface area contributed by atoms with Crippen LogP contribution in [0.15, 0.2) is 0 Å². The van der Waals surface area contributed by atoms with Crippen LogP contribution in [-0.4, -0.2) is 86.7 Å². The molecule has 12 nitrogen and oxygen atoms in total. The highest BCUT2D eigenvalue weighted by Crippen LogP contribution is 2.08. The third-order valence-electron chi connectivity index (χ3n) is 7.30. The molecule has 0 unspecified atom stereocenters. The molecule has 12 heteroatoms. The smallest absolute Gasteiger partial charge is 0.305 e. The summed E-state index contributed by atoms with van der Waals surface area (Å²) in [4.78, 5) is 59.9. The minimum Gasteiger partial charge on any atom is -0.469 e. The number of aliphatic hydroxyl groups is 1. The van der Waals surface area contributed by atoms with Crippen LogP contribution in [0.2, 0.25) is 0 Å². The van der Waals surface area contributed by atoms with Crippen molar-refractivity contribution in [1.29, 1.82) is 0 Å². The molecular weight excluding hydrogens is 566 g/mol. The van der Waals surface area contributed by atoms with Crippen LogP contribution in [0.4, 0.5) is 0 Å². The zero-order chi connectivity index (χ0) is 32.8. The van der Waals surface area contributed by atoms with E-state index < -0.39 is 12.1 Å². The first-order valence-corrected chi connectivity index (χ1v) is 16.8. The van der Waals surface area contributed by atoms with Gasteiger partial charge in [0.2, 0.25) is 23.6 Å². The van der Waals surface area contributed by atoms with Crippen LogP contribution < -0.4 is 26.6 Å². The van der Waals surface area contributed by atoms with Crippen molar-refractivity contribution in [1.82, 2.24) is 26.6 Å². The van der Waals surface area contributed by atoms with Crippen molar-refractivity contribution in [2.45, 2.75) is 135 Å². The van der Waals surface area contributed by atoms with Crippen LogP contribution in [0, 0.1) is 0 Å². The Hall–Kier alpha value is -2.73. The molecule has 0 aromatic carbocycles. The summed E-state index contributed by atoms with van der Waals surface area (Å²) in [6.07, 6.45) is 12.9. The lowest BCUT2D eigenvalue weighted by atomic mass is 10.1. The fourth-order valence-electron chi connectivity index (χ4n) is 4.58. The van der Waals surface area contributed by atoms with Gasteiger partial charge in [-0.3, -0.25) is 24.0 Å². The maximum absolute atomic E-state index is 12.5. The number of amides is 4. The topological polar surface area (TPSA) is 175 Å². The van der Waals surface area contributed by atoms with Crippen LogP contribution in [0.1, 0.15) is 123 Å². The van der Waals surface area contributed by atoms with Crippen LogP contribution in [0.3, 0.4) is 0 Å². The number of methoxy groups -OCH3 is 1. The molecule has 44 heavy (non-hydrogen) atoms. The van der Waals surface area contributed by atoms with Gasteiger partial charge in [0.05, 0.1) is 19.8 Å². The highest BCUT2D eigenvalue weighted by molar-refractivity contribution is 5.87. The molecule has 0 aliphatic rings. The molecule has 0 radical (unpaired) electrons. The molecule has 6 N–H and O–H groups in total. The Morgan fingerprint density at radius 3 is 1.93 bits per heavy atom. The average molecular weight is 628 g/mol. The normalized spacial score (nSPS) is 12.2. The molecule has 2 atom stereocenters. The van der Waals surface area contributed by atoms with E-state index in [1.807, 2.05) is 6.92 Å². The van der Waals surface area contributed by atoms with Crippen LogP contribution >= 0.6 is 0 Å². The monoisotopic (exact) mass is 627 g/mol. The van der Waals surface area contributed by atoms with Crippen molar-refractivity contribution in [3.05, 3.63) is 0 Å². The molecule has 0 bridgehead atoms. The number of hydrogen-bond donors (Lipinski definition) is 6. The molecule has 0 saturated carbocycles. The van der Waals surface area contributed by atoms with Gasteiger partial charge >= 0.3 is 5.97 Å². The summed E-state index contributed by atoms with van der Waals surface area (Å²) in [6, 6.07) is -1.06. The lowest BCUT2D eigenvalue weighted by Crippen LogP contribution is -2.46. The van der Waals surface area contributed by atoms with Crippen molar-refractivity contribution < 1.29 is 33.8 Å². The van der Waals surface area contributed by atoms with Gasteiger partial charge in [-0.2, -0.15) is 0 Å². The first kappa shape index (κ1) is 41.3. The van der Waals surface area contributed by atoms with Gasteiger partial charge < -0.3 is 36.4 Å². The van der Waals surface area contributed by atoms with E-state index in [1.54, 1.807) is 0 Å². The van der Waals surface area contributed by atoms with Gasteiger partial charge in [0, 0.05) is 38.8 Å². The van der Waals surface area contributed by atoms with E-state index in [0.29, 0.717) is 64.6 Å². The summed E-state index contributed by atoms with van der Waals surface area (Å²) in [6.45, 7) is 6.24. The average Bonchev–Trinajstić information content (AvgIpc) is 3.01. The number of carbonyl (C=O) groups is 5. The highest BCUT2D eigenvalue weighted by atomic mass is 16.5. The van der Waals surface area contributed by atoms with Gasteiger partial charge in [-0.1, -0.05) is 52.4 Å². The second kappa shape index (κ2) is 29.0. The number of ether oxygens (including phenoxy) is 1. The lowest BCUT2D eigenvalue weighted by Gasteiger charge is -2.18. The Morgan fingerprint density at radius 2 is 1.25 bits per heavy atom. The Morgan fingerprint density at radius 1 is 0.636 bits per heavy atom. The second-order valence-corrected chi connectivity index (χ2v) is 11.3. The Kier molecular flexibility index (Phi) is 27.2. The third kappa shape index (κ3) is 24.7. The molecule has 0 rings (SSSR count). The zero-order valence-electron chi connectivity index (χ0n) is 27.6. The first-order valence-electron chi connectivity index (χ1n) is 16.8. The van der Waals surface area contributed by atoms with Crippen molar-refractivity contribution in [2.24, 2.45) is 0 Å². The fourth-order valence-corrected chi connectivity index (χ4v) is 4.58. The number of carbonyl (C=O) groups excluding carboxylic acids is 5. The maximum atomic E-state index is 12.5. The third-order valence-corrected chi connectivity index (χ3v) is 7.30. The summed E-state index contributed by atoms with van der Waals surface area (Å²) >= 11 is 0. The Labute approximate surface area is 265 Å². The summed E-state index contributed by atoms with van der Waals surface area (Å²) in [7, 11) is 1.30. The number of nitrogens with one attached hydrogen (secondary N) is 5. The van der Waals surface area contributed by atoms with E-state index >= 15 is 0 Å². The molecule has 0 spiro atoms. The summed E-state index contributed by atoms with van der Waals surface area (Å²) in [5.74, 6) is -0.946. The zero-order valence-corrected chi connectivity index (χ0v) is 27.6. The quantitative estimate of drug-likeness (QED) is 0.0542. The second-order valence-electron chi connectivity index (χ2n) is 11.3. The molecule has 0 saturated heterocycles. The minimum absolute atomic E-state index is 0.119. The van der Waals surface area contributed by atoms with E-state index in [2.05, 4.69) is 38.2 Å². The van der Waals surface area contributed by atoms with Gasteiger partial charge in [0.15, 0.2) is 0 Å². The summed E-state index contributed by atoms with van der Waals surface area (Å²) < 4.78 is 4.54. The van der Waals surface area contributed by atoms with Crippen molar-refractivity contribution in [2.75, 3.05) is 39.9 Å². The van der Waals surface area contributed by atoms with Gasteiger partial charge in [-0.25, -0.2) is 0 Å². The summed E-state index contributed by atoms with van der Waals surface area (Å²) in [5, 5.41) is 24.1. The van der Waals surface area contributed by atoms with Crippen LogP contribution in [0.5, 0.6) is 0 Å². The number of rotatable bonds is 29. The largest absolute Gasteiger partial charge is 0.469 e. The number of esters is 1. The fraction of sp³-hybridized carbons (Fsp3) is 0.844. The van der Waals surface area contributed by atoms with E-state index in [-0.39, 0.29) is 49.0 Å². The van der Waals surface area contributed by atoms with Gasteiger partial charge in [-0.05, 0) is 58.0 Å². The van der Waals surface area contributed by atoms with Crippen LogP contribution in [-0.2, 0) is 28.7 Å². The van der Waals surface area contributed by atoms with Gasteiger partial charge in [-0.15, -0.1) is 0 Å². The molecule has 0 aliphatic carbocycles. The van der Waals surface area contributed by atoms with E-state index in [9.17, 15) is 29.1 Å².